The predicted octanol–water partition coefficient (Wildman–Crippen LogP) is 0.927. The van der Waals surface area contributed by atoms with E-state index in [2.05, 4.69) is 21.8 Å². The molecular weight excluding hydrogens is 228 g/mol. The van der Waals surface area contributed by atoms with Crippen LogP contribution in [0.4, 0.5) is 0 Å². The minimum atomic E-state index is -0.424. The third-order valence-corrected chi connectivity index (χ3v) is 3.08. The van der Waals surface area contributed by atoms with E-state index in [0.29, 0.717) is 12.5 Å². The summed E-state index contributed by atoms with van der Waals surface area (Å²) < 4.78 is 2.08. The number of aromatic nitrogens is 2. The second-order valence-corrected chi connectivity index (χ2v) is 5.25. The van der Waals surface area contributed by atoms with Gasteiger partial charge in [-0.1, -0.05) is 20.8 Å². The molecule has 1 amide bonds. The Morgan fingerprint density at radius 1 is 1.50 bits per heavy atom. The van der Waals surface area contributed by atoms with E-state index in [-0.39, 0.29) is 11.8 Å². The Morgan fingerprint density at radius 2 is 2.17 bits per heavy atom. The van der Waals surface area contributed by atoms with Gasteiger partial charge in [-0.3, -0.25) is 4.79 Å². The summed E-state index contributed by atoms with van der Waals surface area (Å²) in [6.45, 7) is 9.45. The van der Waals surface area contributed by atoms with E-state index in [4.69, 9.17) is 5.73 Å². The van der Waals surface area contributed by atoms with Crippen LogP contribution in [0.5, 0.6) is 0 Å². The fourth-order valence-corrected chi connectivity index (χ4v) is 1.69. The van der Waals surface area contributed by atoms with E-state index in [0.717, 1.165) is 12.4 Å². The number of carbonyl (C=O) groups excluding carboxylic acids is 1. The van der Waals surface area contributed by atoms with Gasteiger partial charge in [0.25, 0.3) is 0 Å². The van der Waals surface area contributed by atoms with Crippen LogP contribution in [0.25, 0.3) is 0 Å². The Labute approximate surface area is 109 Å². The lowest BCUT2D eigenvalue weighted by Gasteiger charge is -2.18. The smallest absolute Gasteiger partial charge is 0.237 e. The van der Waals surface area contributed by atoms with Gasteiger partial charge in [0.2, 0.25) is 5.91 Å². The van der Waals surface area contributed by atoms with Crippen molar-refractivity contribution in [2.45, 2.75) is 40.3 Å². The average molecular weight is 252 g/mol. The van der Waals surface area contributed by atoms with E-state index in [1.54, 1.807) is 6.20 Å². The van der Waals surface area contributed by atoms with Gasteiger partial charge in [-0.05, 0) is 18.8 Å². The van der Waals surface area contributed by atoms with Crippen molar-refractivity contribution < 1.29 is 4.79 Å². The van der Waals surface area contributed by atoms with Crippen molar-refractivity contribution in [2.75, 3.05) is 6.54 Å². The second kappa shape index (κ2) is 6.54. The highest BCUT2D eigenvalue weighted by Crippen LogP contribution is 2.03. The summed E-state index contributed by atoms with van der Waals surface area (Å²) in [7, 11) is 0. The Balaban J connectivity index is 2.36. The average Bonchev–Trinajstić information content (AvgIpc) is 2.70. The molecule has 1 rings (SSSR count). The Bertz CT molecular complexity index is 386. The van der Waals surface area contributed by atoms with Crippen LogP contribution in [0.3, 0.4) is 0 Å². The summed E-state index contributed by atoms with van der Waals surface area (Å²) in [5, 5.41) is 2.90. The van der Waals surface area contributed by atoms with Crippen molar-refractivity contribution in [2.24, 2.45) is 17.6 Å². The maximum Gasteiger partial charge on any atom is 0.237 e. The minimum absolute atomic E-state index is 0.0702. The Hall–Kier alpha value is -1.36. The van der Waals surface area contributed by atoms with E-state index in [9.17, 15) is 4.79 Å². The molecule has 0 aliphatic heterocycles. The summed E-state index contributed by atoms with van der Waals surface area (Å²) >= 11 is 0. The second-order valence-electron chi connectivity index (χ2n) is 5.25. The Morgan fingerprint density at radius 3 is 2.67 bits per heavy atom. The van der Waals surface area contributed by atoms with Gasteiger partial charge in [-0.15, -0.1) is 0 Å². The van der Waals surface area contributed by atoms with Gasteiger partial charge < -0.3 is 15.6 Å². The molecule has 0 aliphatic carbocycles. The lowest BCUT2D eigenvalue weighted by molar-refractivity contribution is -0.123. The van der Waals surface area contributed by atoms with Crippen molar-refractivity contribution in [1.29, 1.82) is 0 Å². The first kappa shape index (κ1) is 14.7. The third-order valence-electron chi connectivity index (χ3n) is 3.08. The van der Waals surface area contributed by atoms with Crippen LogP contribution >= 0.6 is 0 Å². The van der Waals surface area contributed by atoms with Gasteiger partial charge in [-0.25, -0.2) is 4.98 Å². The van der Waals surface area contributed by atoms with Crippen LogP contribution in [-0.2, 0) is 11.3 Å². The number of nitrogens with one attached hydrogen (secondary N) is 1. The number of nitrogens with two attached hydrogens (primary N) is 1. The first-order chi connectivity index (χ1) is 8.41. The van der Waals surface area contributed by atoms with E-state index >= 15 is 0 Å². The lowest BCUT2D eigenvalue weighted by Crippen LogP contribution is -2.45. The number of hydrogen-bond acceptors (Lipinski definition) is 3. The van der Waals surface area contributed by atoms with Crippen molar-refractivity contribution in [3.05, 3.63) is 18.2 Å². The number of carbonyl (C=O) groups is 1. The molecule has 18 heavy (non-hydrogen) atoms. The van der Waals surface area contributed by atoms with Crippen LogP contribution in [0, 0.1) is 18.8 Å². The SMILES string of the molecule is Cc1nccn1CC(C)CNC(=O)[C@@H](N)C(C)C. The number of hydrogen-bond donors (Lipinski definition) is 2. The maximum absolute atomic E-state index is 11.7. The van der Waals surface area contributed by atoms with Crippen LogP contribution in [-0.4, -0.2) is 28.0 Å². The molecule has 0 saturated carbocycles. The van der Waals surface area contributed by atoms with Crippen LogP contribution < -0.4 is 11.1 Å². The van der Waals surface area contributed by atoms with Gasteiger partial charge in [-0.2, -0.15) is 0 Å². The summed E-state index contributed by atoms with van der Waals surface area (Å²) in [4.78, 5) is 15.9. The molecule has 0 spiro atoms. The summed E-state index contributed by atoms with van der Waals surface area (Å²) in [6, 6.07) is -0.424. The van der Waals surface area contributed by atoms with Crippen molar-refractivity contribution >= 4 is 5.91 Å². The minimum Gasteiger partial charge on any atom is -0.354 e. The summed E-state index contributed by atoms with van der Waals surface area (Å²) in [5.74, 6) is 1.43. The van der Waals surface area contributed by atoms with Crippen molar-refractivity contribution in [1.82, 2.24) is 14.9 Å². The molecule has 1 heterocycles. The quantitative estimate of drug-likeness (QED) is 0.791. The molecule has 1 aromatic rings. The molecule has 5 nitrogen and oxygen atoms in total. The highest BCUT2D eigenvalue weighted by molar-refractivity contribution is 5.81. The van der Waals surface area contributed by atoms with E-state index in [1.165, 1.54) is 0 Å². The number of imidazole rings is 1. The molecule has 2 atom stereocenters. The molecular formula is C13H24N4O. The monoisotopic (exact) mass is 252 g/mol. The third kappa shape index (κ3) is 4.14. The standard InChI is InChI=1S/C13H24N4O/c1-9(2)12(14)13(18)16-7-10(3)8-17-6-5-15-11(17)4/h5-6,9-10,12H,7-8,14H2,1-4H3,(H,16,18)/t10?,12-/m0/s1. The summed E-state index contributed by atoms with van der Waals surface area (Å²) in [5.41, 5.74) is 5.78. The molecule has 0 fully saturated rings. The number of nitrogens with zero attached hydrogens (tertiary/aromatic N) is 2. The van der Waals surface area contributed by atoms with Gasteiger partial charge in [0, 0.05) is 25.5 Å². The highest BCUT2D eigenvalue weighted by atomic mass is 16.2. The summed E-state index contributed by atoms with van der Waals surface area (Å²) in [6.07, 6.45) is 3.74. The van der Waals surface area contributed by atoms with E-state index < -0.39 is 6.04 Å². The van der Waals surface area contributed by atoms with Crippen LogP contribution in [0.2, 0.25) is 0 Å². The molecule has 102 valence electrons. The zero-order valence-corrected chi connectivity index (χ0v) is 11.7. The molecule has 0 bridgehead atoms. The molecule has 0 aromatic carbocycles. The molecule has 5 heteroatoms. The Kier molecular flexibility index (Phi) is 5.34. The molecule has 1 aromatic heterocycles. The number of rotatable bonds is 6. The molecule has 0 saturated heterocycles. The highest BCUT2D eigenvalue weighted by Gasteiger charge is 2.17. The van der Waals surface area contributed by atoms with Gasteiger partial charge >= 0.3 is 0 Å². The van der Waals surface area contributed by atoms with Gasteiger partial charge in [0.1, 0.15) is 5.82 Å². The van der Waals surface area contributed by atoms with Gasteiger partial charge in [0.05, 0.1) is 6.04 Å². The molecule has 1 unspecified atom stereocenters. The molecule has 0 aliphatic rings. The number of aryl methyl sites for hydroxylation is 1. The first-order valence-corrected chi connectivity index (χ1v) is 6.42. The maximum atomic E-state index is 11.7. The largest absolute Gasteiger partial charge is 0.354 e. The van der Waals surface area contributed by atoms with Crippen LogP contribution in [0.1, 0.15) is 26.6 Å². The lowest BCUT2D eigenvalue weighted by atomic mass is 10.0. The van der Waals surface area contributed by atoms with E-state index in [1.807, 2.05) is 27.0 Å². The molecule has 3 N–H and O–H groups in total. The van der Waals surface area contributed by atoms with Crippen molar-refractivity contribution in [3.63, 3.8) is 0 Å². The molecule has 0 radical (unpaired) electrons. The fourth-order valence-electron chi connectivity index (χ4n) is 1.69. The topological polar surface area (TPSA) is 72.9 Å². The zero-order chi connectivity index (χ0) is 13.7. The van der Waals surface area contributed by atoms with Crippen LogP contribution in [0.15, 0.2) is 12.4 Å². The predicted molar refractivity (Wildman–Crippen MR) is 72.0 cm³/mol. The normalized spacial score (nSPS) is 14.6. The zero-order valence-electron chi connectivity index (χ0n) is 11.7. The van der Waals surface area contributed by atoms with Gasteiger partial charge in [0.15, 0.2) is 0 Å². The number of amides is 1. The van der Waals surface area contributed by atoms with Crippen molar-refractivity contribution in [3.8, 4) is 0 Å². The first-order valence-electron chi connectivity index (χ1n) is 6.42. The fraction of sp³-hybridized carbons (Fsp3) is 0.692.